The van der Waals surface area contributed by atoms with Gasteiger partial charge in [0.05, 0.1) is 0 Å². The molecule has 0 aliphatic carbocycles. The van der Waals surface area contributed by atoms with Gasteiger partial charge in [0.25, 0.3) is 0 Å². The van der Waals surface area contributed by atoms with Crippen molar-refractivity contribution >= 4 is 32.3 Å². The first-order valence-electron chi connectivity index (χ1n) is 8.71. The molecule has 0 aliphatic rings. The highest BCUT2D eigenvalue weighted by molar-refractivity contribution is 6.21. The molecule has 0 amide bonds. The number of rotatable bonds is 1. The van der Waals surface area contributed by atoms with Gasteiger partial charge in [-0.25, -0.2) is 0 Å². The summed E-state index contributed by atoms with van der Waals surface area (Å²) >= 11 is 0. The Balaban J connectivity index is 2.08. The molecule has 0 heteroatoms. The molecule has 0 unspecified atom stereocenters. The Bertz CT molecular complexity index is 1250. The first-order valence-corrected chi connectivity index (χ1v) is 8.71. The molecule has 25 heavy (non-hydrogen) atoms. The van der Waals surface area contributed by atoms with Crippen molar-refractivity contribution in [3.8, 4) is 11.1 Å². The Labute approximate surface area is 147 Å². The van der Waals surface area contributed by atoms with E-state index in [9.17, 15) is 0 Å². The van der Waals surface area contributed by atoms with Crippen LogP contribution in [0, 0.1) is 6.92 Å². The lowest BCUT2D eigenvalue weighted by atomic mass is 9.89. The maximum Gasteiger partial charge on any atom is -0.00204 e. The van der Waals surface area contributed by atoms with Crippen LogP contribution in [0.25, 0.3) is 43.4 Å². The fourth-order valence-corrected chi connectivity index (χ4v) is 3.94. The second-order valence-corrected chi connectivity index (χ2v) is 6.73. The minimum Gasteiger partial charge on any atom is -0.0616 e. The Morgan fingerprint density at radius 3 is 2.08 bits per heavy atom. The van der Waals surface area contributed by atoms with E-state index in [1.54, 1.807) is 0 Å². The third kappa shape index (κ3) is 2.22. The van der Waals surface area contributed by atoms with Crippen LogP contribution in [0.15, 0.2) is 91.0 Å². The molecule has 0 bridgehead atoms. The molecule has 0 heterocycles. The Morgan fingerprint density at radius 1 is 0.520 bits per heavy atom. The van der Waals surface area contributed by atoms with E-state index >= 15 is 0 Å². The van der Waals surface area contributed by atoms with E-state index in [2.05, 4.69) is 97.9 Å². The standard InChI is InChI=1S/C25H18/c1-17-7-6-10-20(15-17)24-23-12-5-3-9-19(23)16-21-14-13-18-8-2-4-11-22(18)25(21)24/h2-16H,1H3. The van der Waals surface area contributed by atoms with E-state index in [0.717, 1.165) is 0 Å². The number of aryl methyl sites for hydroxylation is 1. The van der Waals surface area contributed by atoms with E-state index < -0.39 is 0 Å². The van der Waals surface area contributed by atoms with Gasteiger partial charge in [0.15, 0.2) is 0 Å². The van der Waals surface area contributed by atoms with Crippen LogP contribution in [0.2, 0.25) is 0 Å². The normalized spacial score (nSPS) is 11.4. The summed E-state index contributed by atoms with van der Waals surface area (Å²) in [6.45, 7) is 2.16. The van der Waals surface area contributed by atoms with Crippen molar-refractivity contribution in [1.29, 1.82) is 0 Å². The van der Waals surface area contributed by atoms with Crippen molar-refractivity contribution in [1.82, 2.24) is 0 Å². The van der Waals surface area contributed by atoms with Crippen LogP contribution in [-0.2, 0) is 0 Å². The molecule has 0 spiro atoms. The maximum atomic E-state index is 2.32. The molecule has 0 saturated carbocycles. The maximum absolute atomic E-state index is 2.32. The molecular formula is C25H18. The van der Waals surface area contributed by atoms with Crippen molar-refractivity contribution in [2.75, 3.05) is 0 Å². The summed E-state index contributed by atoms with van der Waals surface area (Å²) in [5.74, 6) is 0. The first-order chi connectivity index (χ1) is 12.3. The summed E-state index contributed by atoms with van der Waals surface area (Å²) in [7, 11) is 0. The number of fused-ring (bicyclic) bond motifs is 4. The first kappa shape index (κ1) is 14.2. The van der Waals surface area contributed by atoms with Crippen LogP contribution in [0.4, 0.5) is 0 Å². The molecule has 0 aliphatic heterocycles. The van der Waals surface area contributed by atoms with E-state index in [-0.39, 0.29) is 0 Å². The van der Waals surface area contributed by atoms with Crippen molar-refractivity contribution in [3.63, 3.8) is 0 Å². The van der Waals surface area contributed by atoms with E-state index in [1.165, 1.54) is 49.0 Å². The zero-order chi connectivity index (χ0) is 16.8. The third-order valence-electron chi connectivity index (χ3n) is 5.06. The van der Waals surface area contributed by atoms with Gasteiger partial charge in [-0.1, -0.05) is 90.5 Å². The van der Waals surface area contributed by atoms with E-state index in [1.807, 2.05) is 0 Å². The smallest absolute Gasteiger partial charge is 0.00204 e. The average molecular weight is 318 g/mol. The van der Waals surface area contributed by atoms with Crippen molar-refractivity contribution in [3.05, 3.63) is 96.6 Å². The number of benzene rings is 5. The summed E-state index contributed by atoms with van der Waals surface area (Å²) in [6, 6.07) is 33.0. The van der Waals surface area contributed by atoms with E-state index in [4.69, 9.17) is 0 Å². The molecular weight excluding hydrogens is 300 g/mol. The summed E-state index contributed by atoms with van der Waals surface area (Å²) in [4.78, 5) is 0. The SMILES string of the molecule is Cc1cccc(-c2c3ccccc3cc3ccc4ccccc4c23)c1. The third-order valence-corrected chi connectivity index (χ3v) is 5.06. The Morgan fingerprint density at radius 2 is 1.24 bits per heavy atom. The van der Waals surface area contributed by atoms with E-state index in [0.29, 0.717) is 0 Å². The lowest BCUT2D eigenvalue weighted by molar-refractivity contribution is 1.48. The predicted molar refractivity (Wildman–Crippen MR) is 109 cm³/mol. The average Bonchev–Trinajstić information content (AvgIpc) is 2.66. The molecule has 5 rings (SSSR count). The van der Waals surface area contributed by atoms with Crippen LogP contribution >= 0.6 is 0 Å². The topological polar surface area (TPSA) is 0 Å². The second kappa shape index (κ2) is 5.46. The summed E-state index contributed by atoms with van der Waals surface area (Å²) in [5, 5.41) is 7.87. The molecule has 0 aromatic heterocycles. The minimum absolute atomic E-state index is 1.29. The van der Waals surface area contributed by atoms with Gasteiger partial charge in [0.1, 0.15) is 0 Å². The molecule has 5 aromatic rings. The second-order valence-electron chi connectivity index (χ2n) is 6.73. The molecule has 0 saturated heterocycles. The highest BCUT2D eigenvalue weighted by Gasteiger charge is 2.12. The minimum atomic E-state index is 1.29. The molecule has 0 atom stereocenters. The largest absolute Gasteiger partial charge is 0.0616 e. The Hall–Kier alpha value is -3.12. The summed E-state index contributed by atoms with van der Waals surface area (Å²) in [5.41, 5.74) is 3.92. The molecule has 5 aromatic carbocycles. The van der Waals surface area contributed by atoms with Crippen LogP contribution in [-0.4, -0.2) is 0 Å². The van der Waals surface area contributed by atoms with Crippen molar-refractivity contribution < 1.29 is 0 Å². The number of hydrogen-bond acceptors (Lipinski definition) is 0. The lowest BCUT2D eigenvalue weighted by Gasteiger charge is -2.15. The van der Waals surface area contributed by atoms with Crippen molar-refractivity contribution in [2.45, 2.75) is 6.92 Å². The quantitative estimate of drug-likeness (QED) is 0.228. The van der Waals surface area contributed by atoms with Gasteiger partial charge in [0, 0.05) is 0 Å². The monoisotopic (exact) mass is 318 g/mol. The Kier molecular flexibility index (Phi) is 3.11. The fraction of sp³-hybridized carbons (Fsp3) is 0.0400. The summed E-state index contributed by atoms with van der Waals surface area (Å²) in [6.07, 6.45) is 0. The van der Waals surface area contributed by atoms with Gasteiger partial charge >= 0.3 is 0 Å². The highest BCUT2D eigenvalue weighted by atomic mass is 14.2. The van der Waals surface area contributed by atoms with Gasteiger partial charge in [-0.3, -0.25) is 0 Å². The molecule has 0 nitrogen and oxygen atoms in total. The van der Waals surface area contributed by atoms with Crippen molar-refractivity contribution in [2.24, 2.45) is 0 Å². The molecule has 0 N–H and O–H groups in total. The van der Waals surface area contributed by atoms with Crippen LogP contribution < -0.4 is 0 Å². The van der Waals surface area contributed by atoms with Gasteiger partial charge in [-0.05, 0) is 56.4 Å². The van der Waals surface area contributed by atoms with Gasteiger partial charge in [-0.2, -0.15) is 0 Å². The highest BCUT2D eigenvalue weighted by Crippen LogP contribution is 2.40. The fourth-order valence-electron chi connectivity index (χ4n) is 3.94. The van der Waals surface area contributed by atoms with Crippen LogP contribution in [0.5, 0.6) is 0 Å². The zero-order valence-electron chi connectivity index (χ0n) is 14.2. The zero-order valence-corrected chi connectivity index (χ0v) is 14.2. The van der Waals surface area contributed by atoms with Gasteiger partial charge < -0.3 is 0 Å². The molecule has 0 radical (unpaired) electrons. The summed E-state index contributed by atoms with van der Waals surface area (Å²) < 4.78 is 0. The number of hydrogen-bond donors (Lipinski definition) is 0. The molecule has 0 fully saturated rings. The van der Waals surface area contributed by atoms with Crippen LogP contribution in [0.3, 0.4) is 0 Å². The molecule has 118 valence electrons. The van der Waals surface area contributed by atoms with Gasteiger partial charge in [-0.15, -0.1) is 0 Å². The predicted octanol–water partition coefficient (Wildman–Crippen LogP) is 7.12. The van der Waals surface area contributed by atoms with Crippen LogP contribution in [0.1, 0.15) is 5.56 Å². The lowest BCUT2D eigenvalue weighted by Crippen LogP contribution is -1.88. The van der Waals surface area contributed by atoms with Gasteiger partial charge in [0.2, 0.25) is 0 Å².